The summed E-state index contributed by atoms with van der Waals surface area (Å²) in [6.07, 6.45) is 1.18. The van der Waals surface area contributed by atoms with Gasteiger partial charge in [-0.2, -0.15) is 10.4 Å². The molecule has 6 nitrogen and oxygen atoms in total. The SMILES string of the molecule is COC(=O)c1ccc(/C=N\NC(=O)CC#N)cc1. The largest absolute Gasteiger partial charge is 0.465 e. The Bertz CT molecular complexity index is 500. The predicted octanol–water partition coefficient (Wildman–Crippen LogP) is 0.837. The highest BCUT2D eigenvalue weighted by Crippen LogP contribution is 2.03. The Labute approximate surface area is 104 Å². The fourth-order valence-corrected chi connectivity index (χ4v) is 1.11. The zero-order valence-electron chi connectivity index (χ0n) is 9.71. The summed E-state index contributed by atoms with van der Waals surface area (Å²) in [7, 11) is 1.31. The van der Waals surface area contributed by atoms with Crippen molar-refractivity contribution in [2.24, 2.45) is 5.10 Å². The van der Waals surface area contributed by atoms with Crippen molar-refractivity contribution in [2.45, 2.75) is 6.42 Å². The van der Waals surface area contributed by atoms with Crippen LogP contribution in [-0.4, -0.2) is 25.2 Å². The number of rotatable bonds is 4. The molecule has 6 heteroatoms. The Balaban J connectivity index is 2.59. The van der Waals surface area contributed by atoms with Crippen LogP contribution in [0.3, 0.4) is 0 Å². The number of esters is 1. The number of benzene rings is 1. The number of amides is 1. The van der Waals surface area contributed by atoms with Crippen LogP contribution >= 0.6 is 0 Å². The summed E-state index contributed by atoms with van der Waals surface area (Å²) in [5, 5.41) is 11.9. The molecule has 0 heterocycles. The van der Waals surface area contributed by atoms with E-state index in [0.717, 1.165) is 0 Å². The third-order valence-corrected chi connectivity index (χ3v) is 1.97. The van der Waals surface area contributed by atoms with E-state index in [2.05, 4.69) is 15.3 Å². The quantitative estimate of drug-likeness (QED) is 0.483. The molecule has 0 saturated carbocycles. The molecule has 1 aromatic carbocycles. The lowest BCUT2D eigenvalue weighted by atomic mass is 10.1. The lowest BCUT2D eigenvalue weighted by molar-refractivity contribution is -0.120. The number of methoxy groups -OCH3 is 1. The monoisotopic (exact) mass is 245 g/mol. The van der Waals surface area contributed by atoms with Gasteiger partial charge in [0.15, 0.2) is 0 Å². The van der Waals surface area contributed by atoms with E-state index in [4.69, 9.17) is 5.26 Å². The highest BCUT2D eigenvalue weighted by atomic mass is 16.5. The number of ether oxygens (including phenoxy) is 1. The number of nitrogens with zero attached hydrogens (tertiary/aromatic N) is 2. The average Bonchev–Trinajstić information content (AvgIpc) is 2.39. The number of nitrogens with one attached hydrogen (secondary N) is 1. The number of nitriles is 1. The summed E-state index contributed by atoms with van der Waals surface area (Å²) in [5.74, 6) is -0.888. The molecule has 0 atom stereocenters. The number of hydrogen-bond acceptors (Lipinski definition) is 5. The summed E-state index contributed by atoms with van der Waals surface area (Å²) < 4.78 is 4.56. The van der Waals surface area contributed by atoms with Crippen LogP contribution in [0.5, 0.6) is 0 Å². The van der Waals surface area contributed by atoms with E-state index >= 15 is 0 Å². The van der Waals surface area contributed by atoms with Crippen LogP contribution in [0.4, 0.5) is 0 Å². The van der Waals surface area contributed by atoms with Crippen LogP contribution in [0.15, 0.2) is 29.4 Å². The van der Waals surface area contributed by atoms with Gasteiger partial charge >= 0.3 is 5.97 Å². The van der Waals surface area contributed by atoms with Crippen molar-refractivity contribution in [3.05, 3.63) is 35.4 Å². The van der Waals surface area contributed by atoms with E-state index in [1.807, 2.05) is 0 Å². The molecule has 1 amide bonds. The highest BCUT2D eigenvalue weighted by molar-refractivity contribution is 5.90. The molecule has 1 aromatic rings. The second-order valence-corrected chi connectivity index (χ2v) is 3.24. The predicted molar refractivity (Wildman–Crippen MR) is 63.7 cm³/mol. The molecule has 1 rings (SSSR count). The molecule has 0 bridgehead atoms. The van der Waals surface area contributed by atoms with Crippen LogP contribution in [0.25, 0.3) is 0 Å². The van der Waals surface area contributed by atoms with Crippen molar-refractivity contribution in [2.75, 3.05) is 7.11 Å². The third-order valence-electron chi connectivity index (χ3n) is 1.97. The number of carbonyl (C=O) groups is 2. The first-order chi connectivity index (χ1) is 8.67. The first kappa shape index (κ1) is 13.4. The van der Waals surface area contributed by atoms with Gasteiger partial charge in [-0.05, 0) is 17.7 Å². The van der Waals surface area contributed by atoms with Gasteiger partial charge in [0.2, 0.25) is 0 Å². The van der Waals surface area contributed by atoms with E-state index in [9.17, 15) is 9.59 Å². The molecule has 0 spiro atoms. The fraction of sp³-hybridized carbons (Fsp3) is 0.167. The Morgan fingerprint density at radius 3 is 2.67 bits per heavy atom. The summed E-state index contributed by atoms with van der Waals surface area (Å²) in [4.78, 5) is 22.1. The van der Waals surface area contributed by atoms with Gasteiger partial charge in [-0.1, -0.05) is 12.1 Å². The van der Waals surface area contributed by atoms with Crippen LogP contribution in [0, 0.1) is 11.3 Å². The average molecular weight is 245 g/mol. The van der Waals surface area contributed by atoms with E-state index in [1.54, 1.807) is 30.3 Å². The minimum atomic E-state index is -0.472. The minimum Gasteiger partial charge on any atom is -0.465 e. The molecule has 0 saturated heterocycles. The molecular weight excluding hydrogens is 234 g/mol. The van der Waals surface area contributed by atoms with Gasteiger partial charge in [0.25, 0.3) is 5.91 Å². The Morgan fingerprint density at radius 2 is 2.11 bits per heavy atom. The first-order valence-corrected chi connectivity index (χ1v) is 5.04. The second-order valence-electron chi connectivity index (χ2n) is 3.24. The lowest BCUT2D eigenvalue weighted by Gasteiger charge is -1.99. The summed E-state index contributed by atoms with van der Waals surface area (Å²) >= 11 is 0. The van der Waals surface area contributed by atoms with Gasteiger partial charge < -0.3 is 4.74 Å². The highest BCUT2D eigenvalue weighted by Gasteiger charge is 2.03. The smallest absolute Gasteiger partial charge is 0.337 e. The van der Waals surface area contributed by atoms with Crippen LogP contribution in [0.1, 0.15) is 22.3 Å². The second kappa shape index (κ2) is 6.81. The molecule has 92 valence electrons. The van der Waals surface area contributed by atoms with Crippen molar-refractivity contribution < 1.29 is 14.3 Å². The van der Waals surface area contributed by atoms with Crippen LogP contribution < -0.4 is 5.43 Å². The molecule has 0 aliphatic heterocycles. The normalized spacial score (nSPS) is 9.78. The molecular formula is C12H11N3O3. The van der Waals surface area contributed by atoms with Crippen LogP contribution in [0.2, 0.25) is 0 Å². The molecule has 0 aliphatic rings. The molecule has 0 unspecified atom stereocenters. The maximum absolute atomic E-state index is 11.2. The number of hydrogen-bond donors (Lipinski definition) is 1. The van der Waals surface area contributed by atoms with Crippen molar-refractivity contribution in [1.29, 1.82) is 5.26 Å². The zero-order chi connectivity index (χ0) is 13.4. The van der Waals surface area contributed by atoms with Crippen molar-refractivity contribution in [3.8, 4) is 6.07 Å². The van der Waals surface area contributed by atoms with Gasteiger partial charge in [0.1, 0.15) is 6.42 Å². The standard InChI is InChI=1S/C12H11N3O3/c1-18-12(17)10-4-2-9(3-5-10)8-14-15-11(16)6-7-13/h2-5,8H,6H2,1H3,(H,15,16)/b14-8-. The fourth-order valence-electron chi connectivity index (χ4n) is 1.11. The molecule has 18 heavy (non-hydrogen) atoms. The molecule has 0 fully saturated rings. The topological polar surface area (TPSA) is 91.5 Å². The Hall–Kier alpha value is -2.68. The van der Waals surface area contributed by atoms with Crippen molar-refractivity contribution in [1.82, 2.24) is 5.43 Å². The van der Waals surface area contributed by atoms with Crippen molar-refractivity contribution in [3.63, 3.8) is 0 Å². The maximum atomic E-state index is 11.2. The molecule has 0 radical (unpaired) electrons. The minimum absolute atomic E-state index is 0.237. The maximum Gasteiger partial charge on any atom is 0.337 e. The number of hydrazone groups is 1. The zero-order valence-corrected chi connectivity index (χ0v) is 9.71. The number of carbonyl (C=O) groups excluding carboxylic acids is 2. The first-order valence-electron chi connectivity index (χ1n) is 5.04. The Kier molecular flexibility index (Phi) is 5.06. The lowest BCUT2D eigenvalue weighted by Crippen LogP contribution is -2.16. The van der Waals surface area contributed by atoms with Gasteiger partial charge in [0.05, 0.1) is 25.0 Å². The summed E-state index contributed by atoms with van der Waals surface area (Å²) in [5.41, 5.74) is 3.34. The van der Waals surface area contributed by atoms with Gasteiger partial charge in [-0.25, -0.2) is 10.2 Å². The molecule has 0 aromatic heterocycles. The molecule has 0 aliphatic carbocycles. The van der Waals surface area contributed by atoms with Gasteiger partial charge in [0, 0.05) is 0 Å². The molecule has 1 N–H and O–H groups in total. The van der Waals surface area contributed by atoms with Crippen LogP contribution in [-0.2, 0) is 9.53 Å². The van der Waals surface area contributed by atoms with E-state index in [-0.39, 0.29) is 6.42 Å². The third kappa shape index (κ3) is 4.06. The summed E-state index contributed by atoms with van der Waals surface area (Å²) in [6.45, 7) is 0. The van der Waals surface area contributed by atoms with Crippen molar-refractivity contribution >= 4 is 18.1 Å². The summed E-state index contributed by atoms with van der Waals surface area (Å²) in [6, 6.07) is 8.20. The van der Waals surface area contributed by atoms with Gasteiger partial charge in [-0.15, -0.1) is 0 Å². The van der Waals surface area contributed by atoms with E-state index in [0.29, 0.717) is 11.1 Å². The van der Waals surface area contributed by atoms with Gasteiger partial charge in [-0.3, -0.25) is 4.79 Å². The Morgan fingerprint density at radius 1 is 1.44 bits per heavy atom. The van der Waals surface area contributed by atoms with E-state index < -0.39 is 11.9 Å². The van der Waals surface area contributed by atoms with E-state index in [1.165, 1.54) is 13.3 Å².